The van der Waals surface area contributed by atoms with Crippen molar-refractivity contribution in [3.63, 3.8) is 0 Å². The van der Waals surface area contributed by atoms with E-state index in [4.69, 9.17) is 24.7 Å². The third-order valence-corrected chi connectivity index (χ3v) is 4.14. The molecule has 2 heterocycles. The molecule has 1 aromatic heterocycles. The summed E-state index contributed by atoms with van der Waals surface area (Å²) in [5.74, 6) is 0.175. The van der Waals surface area contributed by atoms with E-state index in [2.05, 4.69) is 9.97 Å². The van der Waals surface area contributed by atoms with Crippen LogP contribution < -0.4 is 24.8 Å². The molecule has 0 saturated heterocycles. The van der Waals surface area contributed by atoms with Crippen molar-refractivity contribution in [2.75, 3.05) is 37.6 Å². The van der Waals surface area contributed by atoms with E-state index in [1.165, 1.54) is 7.11 Å². The van der Waals surface area contributed by atoms with Crippen molar-refractivity contribution in [3.8, 4) is 17.5 Å². The molecule has 31 heavy (non-hydrogen) atoms. The fourth-order valence-electron chi connectivity index (χ4n) is 2.80. The van der Waals surface area contributed by atoms with Crippen LogP contribution in [0.4, 0.5) is 22.1 Å². The summed E-state index contributed by atoms with van der Waals surface area (Å²) in [4.78, 5) is 32.6. The Morgan fingerprint density at radius 2 is 2.00 bits per heavy atom. The molecule has 1 aromatic carbocycles. The molecule has 0 radical (unpaired) electrons. The van der Waals surface area contributed by atoms with Crippen molar-refractivity contribution in [2.24, 2.45) is 0 Å². The Balaban J connectivity index is 2.20. The number of anilines is 2. The van der Waals surface area contributed by atoms with Crippen molar-refractivity contribution >= 4 is 23.4 Å². The topological polar surface area (TPSA) is 152 Å². The average molecular weight is 431 g/mol. The highest BCUT2D eigenvalue weighted by Gasteiger charge is 2.32. The first-order valence-corrected chi connectivity index (χ1v) is 9.27. The van der Waals surface area contributed by atoms with Crippen molar-refractivity contribution in [1.82, 2.24) is 9.97 Å². The molecule has 0 unspecified atom stereocenters. The third kappa shape index (κ3) is 5.10. The Morgan fingerprint density at radius 3 is 2.68 bits per heavy atom. The minimum atomic E-state index is -0.855. The van der Waals surface area contributed by atoms with E-state index in [0.29, 0.717) is 17.1 Å². The van der Waals surface area contributed by atoms with Crippen LogP contribution in [0.25, 0.3) is 0 Å². The highest BCUT2D eigenvalue weighted by atomic mass is 16.6. The molecule has 1 amide bonds. The Kier molecular flexibility index (Phi) is 6.70. The smallest absolute Gasteiger partial charge is 0.415 e. The minimum absolute atomic E-state index is 0.0460. The highest BCUT2D eigenvalue weighted by Crippen LogP contribution is 2.35. The summed E-state index contributed by atoms with van der Waals surface area (Å²) in [5.41, 5.74) is 5.72. The molecule has 2 aromatic rings. The largest absolute Gasteiger partial charge is 0.497 e. The summed E-state index contributed by atoms with van der Waals surface area (Å²) >= 11 is 0. The van der Waals surface area contributed by atoms with Crippen LogP contribution in [0, 0.1) is 10.1 Å². The van der Waals surface area contributed by atoms with Crippen molar-refractivity contribution in [3.05, 3.63) is 46.0 Å². The predicted octanol–water partition coefficient (Wildman–Crippen LogP) is 2.47. The lowest BCUT2D eigenvalue weighted by Crippen LogP contribution is -2.33. The summed E-state index contributed by atoms with van der Waals surface area (Å²) in [7, 11) is 1.49. The number of aromatic nitrogens is 2. The highest BCUT2D eigenvalue weighted by molar-refractivity contribution is 5.90. The fraction of sp³-hybridized carbons (Fsp3) is 0.316. The number of hydrogen-bond acceptors (Lipinski definition) is 10. The summed E-state index contributed by atoms with van der Waals surface area (Å²) in [6.07, 6.45) is 2.54. The number of carbonyl (C=O) groups is 1. The zero-order valence-electron chi connectivity index (χ0n) is 16.9. The second-order valence-electron chi connectivity index (χ2n) is 6.22. The lowest BCUT2D eigenvalue weighted by Gasteiger charge is -2.22. The Morgan fingerprint density at radius 1 is 1.26 bits per heavy atom. The van der Waals surface area contributed by atoms with Gasteiger partial charge in [0.1, 0.15) is 24.7 Å². The van der Waals surface area contributed by atoms with Crippen LogP contribution in [0.5, 0.6) is 17.5 Å². The van der Waals surface area contributed by atoms with E-state index in [-0.39, 0.29) is 38.2 Å². The molecule has 12 heteroatoms. The molecule has 0 atom stereocenters. The number of hydrogen-bond donors (Lipinski definition) is 1. The number of benzene rings is 1. The number of nitro groups is 1. The molecule has 0 spiro atoms. The molecule has 0 aliphatic carbocycles. The van der Waals surface area contributed by atoms with Gasteiger partial charge in [-0.25, -0.2) is 4.79 Å². The number of ether oxygens (including phenoxy) is 4. The van der Waals surface area contributed by atoms with Crippen molar-refractivity contribution in [1.29, 1.82) is 0 Å². The maximum Gasteiger partial charge on any atom is 0.415 e. The van der Waals surface area contributed by atoms with Gasteiger partial charge in [0.25, 0.3) is 0 Å². The van der Waals surface area contributed by atoms with E-state index in [1.54, 1.807) is 37.3 Å². The Labute approximate surface area is 177 Å². The standard InChI is InChI=1S/C19H21N5O7/c1-3-29-19(25)23-11-12-8-13(28-2)10-14(9-12)30-6-4-5-7-31-18-21-16(20)15(24(26)27)17(23)22-18/h4-5,8-10H,3,6-7,11H2,1-2H3,(H2,20,21,22)/b5-4+. The maximum absolute atomic E-state index is 12.7. The molecule has 3 rings (SSSR count). The van der Waals surface area contributed by atoms with Crippen LogP contribution in [0.1, 0.15) is 12.5 Å². The van der Waals surface area contributed by atoms with Crippen LogP contribution in [0.15, 0.2) is 30.4 Å². The summed E-state index contributed by atoms with van der Waals surface area (Å²) in [6, 6.07) is 4.80. The molecule has 1 aliphatic heterocycles. The molecular weight excluding hydrogens is 410 g/mol. The average Bonchev–Trinajstić information content (AvgIpc) is 2.73. The van der Waals surface area contributed by atoms with Crippen LogP contribution >= 0.6 is 0 Å². The first-order valence-electron chi connectivity index (χ1n) is 9.27. The molecule has 12 nitrogen and oxygen atoms in total. The normalized spacial score (nSPS) is 14.5. The molecule has 1 aliphatic rings. The van der Waals surface area contributed by atoms with Crippen LogP contribution in [-0.2, 0) is 11.3 Å². The minimum Gasteiger partial charge on any atom is -0.497 e. The van der Waals surface area contributed by atoms with Crippen LogP contribution in [-0.4, -0.2) is 47.9 Å². The van der Waals surface area contributed by atoms with E-state index < -0.39 is 22.5 Å². The van der Waals surface area contributed by atoms with Gasteiger partial charge in [0.05, 0.1) is 25.2 Å². The number of nitrogens with zero attached hydrogens (tertiary/aromatic N) is 4. The molecule has 164 valence electrons. The fourth-order valence-corrected chi connectivity index (χ4v) is 2.80. The number of carbonyl (C=O) groups excluding carboxylic acids is 1. The van der Waals surface area contributed by atoms with E-state index in [1.807, 2.05) is 0 Å². The summed E-state index contributed by atoms with van der Waals surface area (Å²) in [5, 5.41) is 11.7. The number of nitrogens with two attached hydrogens (primary N) is 1. The molecule has 4 bridgehead atoms. The van der Waals surface area contributed by atoms with Crippen molar-refractivity contribution < 1.29 is 28.7 Å². The van der Waals surface area contributed by atoms with Gasteiger partial charge < -0.3 is 24.7 Å². The molecule has 0 saturated carbocycles. The third-order valence-electron chi connectivity index (χ3n) is 4.14. The zero-order chi connectivity index (χ0) is 22.4. The summed E-state index contributed by atoms with van der Waals surface area (Å²) in [6.45, 7) is 1.83. The zero-order valence-corrected chi connectivity index (χ0v) is 16.9. The number of rotatable bonds is 3. The second kappa shape index (κ2) is 9.61. The first kappa shape index (κ1) is 21.6. The lowest BCUT2D eigenvalue weighted by atomic mass is 10.2. The van der Waals surface area contributed by atoms with Gasteiger partial charge in [-0.05, 0) is 36.8 Å². The predicted molar refractivity (Wildman–Crippen MR) is 109 cm³/mol. The summed E-state index contributed by atoms with van der Waals surface area (Å²) < 4.78 is 21.5. The monoisotopic (exact) mass is 431 g/mol. The van der Waals surface area contributed by atoms with E-state index in [0.717, 1.165) is 4.90 Å². The Hall–Kier alpha value is -4.09. The number of fused-ring (bicyclic) bond motifs is 4. The number of methoxy groups -OCH3 is 1. The van der Waals surface area contributed by atoms with E-state index >= 15 is 0 Å². The van der Waals surface area contributed by atoms with Gasteiger partial charge in [0.15, 0.2) is 0 Å². The van der Waals surface area contributed by atoms with Gasteiger partial charge in [-0.3, -0.25) is 15.0 Å². The maximum atomic E-state index is 12.7. The quantitative estimate of drug-likeness (QED) is 0.435. The SMILES string of the molecule is CCOC(=O)N1Cc2cc(OC)cc(c2)OC/C=C/COc2nc(N)c([N+](=O)[O-])c1n2. The molecule has 2 N–H and O–H groups in total. The van der Waals surface area contributed by atoms with Crippen molar-refractivity contribution in [2.45, 2.75) is 13.5 Å². The van der Waals surface area contributed by atoms with Gasteiger partial charge in [0, 0.05) is 6.07 Å². The van der Waals surface area contributed by atoms with Gasteiger partial charge >= 0.3 is 17.8 Å². The molecular formula is C19H21N5O7. The second-order valence-corrected chi connectivity index (χ2v) is 6.22. The van der Waals surface area contributed by atoms with Gasteiger partial charge in [-0.2, -0.15) is 9.97 Å². The van der Waals surface area contributed by atoms with Gasteiger partial charge in [-0.15, -0.1) is 0 Å². The van der Waals surface area contributed by atoms with Crippen LogP contribution in [0.3, 0.4) is 0 Å². The number of nitrogen functional groups attached to an aromatic ring is 1. The molecule has 0 fully saturated rings. The number of amides is 1. The first-order chi connectivity index (χ1) is 14.9. The van der Waals surface area contributed by atoms with Gasteiger partial charge in [0.2, 0.25) is 11.6 Å². The Bertz CT molecular complexity index is 1010. The van der Waals surface area contributed by atoms with Gasteiger partial charge in [-0.1, -0.05) is 0 Å². The van der Waals surface area contributed by atoms with E-state index in [9.17, 15) is 14.9 Å². The lowest BCUT2D eigenvalue weighted by molar-refractivity contribution is -0.383. The van der Waals surface area contributed by atoms with Crippen LogP contribution in [0.2, 0.25) is 0 Å².